The van der Waals surface area contributed by atoms with Gasteiger partial charge in [0.1, 0.15) is 10.7 Å². The van der Waals surface area contributed by atoms with Crippen molar-refractivity contribution in [1.82, 2.24) is 9.71 Å². The number of nitrogens with one attached hydrogen (secondary N) is 2. The van der Waals surface area contributed by atoms with Crippen molar-refractivity contribution in [2.45, 2.75) is 30.4 Å². The van der Waals surface area contributed by atoms with Gasteiger partial charge in [-0.25, -0.2) is 24.0 Å². The van der Waals surface area contributed by atoms with Gasteiger partial charge in [-0.3, -0.25) is 0 Å². The van der Waals surface area contributed by atoms with Crippen LogP contribution in [-0.4, -0.2) is 32.2 Å². The maximum atomic E-state index is 12.1. The lowest BCUT2D eigenvalue weighted by Gasteiger charge is -2.16. The summed E-state index contributed by atoms with van der Waals surface area (Å²) in [7, 11) is -3.56. The number of hydrogen-bond donors (Lipinski definition) is 3. The van der Waals surface area contributed by atoms with Gasteiger partial charge >= 0.3 is 0 Å². The molecule has 0 spiro atoms. The summed E-state index contributed by atoms with van der Waals surface area (Å²) in [5.41, 5.74) is 2.34. The molecule has 100 valence electrons. The van der Waals surface area contributed by atoms with E-state index in [2.05, 4.69) is 15.1 Å². The van der Waals surface area contributed by atoms with Gasteiger partial charge in [0.25, 0.3) is 0 Å². The van der Waals surface area contributed by atoms with Gasteiger partial charge in [-0.05, 0) is 25.5 Å². The molecule has 2 heterocycles. The topological polar surface area (TPSA) is 106 Å². The summed E-state index contributed by atoms with van der Waals surface area (Å²) in [6.07, 6.45) is 1.83. The third-order valence-electron chi connectivity index (χ3n) is 2.88. The fourth-order valence-electron chi connectivity index (χ4n) is 1.78. The molecule has 2 unspecified atom stereocenters. The van der Waals surface area contributed by atoms with Gasteiger partial charge in [0, 0.05) is 12.8 Å². The first-order valence-electron chi connectivity index (χ1n) is 5.59. The molecule has 0 aromatic carbocycles. The molecule has 2 atom stereocenters. The summed E-state index contributed by atoms with van der Waals surface area (Å²) in [4.78, 5) is 3.98. The molecule has 1 aromatic rings. The molecular formula is C10H16N4O3S. The van der Waals surface area contributed by atoms with E-state index in [1.165, 1.54) is 18.3 Å². The fraction of sp³-hybridized carbons (Fsp3) is 0.500. The van der Waals surface area contributed by atoms with Crippen LogP contribution in [0.4, 0.5) is 5.82 Å². The quantitative estimate of drug-likeness (QED) is 0.518. The maximum absolute atomic E-state index is 12.1. The number of hydrogen-bond acceptors (Lipinski definition) is 6. The molecular weight excluding hydrogens is 256 g/mol. The van der Waals surface area contributed by atoms with E-state index in [-0.39, 0.29) is 17.0 Å². The van der Waals surface area contributed by atoms with E-state index in [9.17, 15) is 8.42 Å². The Balaban J connectivity index is 2.14. The van der Waals surface area contributed by atoms with Crippen molar-refractivity contribution >= 4 is 15.8 Å². The second kappa shape index (κ2) is 5.19. The highest BCUT2D eigenvalue weighted by Gasteiger charge is 2.29. The van der Waals surface area contributed by atoms with Gasteiger partial charge in [0.15, 0.2) is 0 Å². The SMILES string of the molecule is CC1OCCC1NS(=O)(=O)c1ccc(NN)nc1. The van der Waals surface area contributed by atoms with Crippen LogP contribution < -0.4 is 16.0 Å². The fourth-order valence-corrected chi connectivity index (χ4v) is 3.06. The molecule has 0 aliphatic carbocycles. The number of nitrogens with two attached hydrogens (primary N) is 1. The molecule has 1 aromatic heterocycles. The second-order valence-corrected chi connectivity index (χ2v) is 5.83. The third-order valence-corrected chi connectivity index (χ3v) is 4.35. The van der Waals surface area contributed by atoms with E-state index in [4.69, 9.17) is 10.6 Å². The van der Waals surface area contributed by atoms with E-state index in [1.54, 1.807) is 0 Å². The largest absolute Gasteiger partial charge is 0.377 e. The normalized spacial score (nSPS) is 24.1. The minimum atomic E-state index is -3.56. The molecule has 18 heavy (non-hydrogen) atoms. The van der Waals surface area contributed by atoms with Gasteiger partial charge in [-0.2, -0.15) is 0 Å². The van der Waals surface area contributed by atoms with Gasteiger partial charge < -0.3 is 10.2 Å². The average Bonchev–Trinajstić information content (AvgIpc) is 2.74. The van der Waals surface area contributed by atoms with Gasteiger partial charge in [-0.15, -0.1) is 0 Å². The minimum absolute atomic E-state index is 0.112. The number of aromatic nitrogens is 1. The zero-order valence-corrected chi connectivity index (χ0v) is 10.8. The van der Waals surface area contributed by atoms with E-state index < -0.39 is 10.0 Å². The Labute approximate surface area is 106 Å². The molecule has 1 fully saturated rings. The highest BCUT2D eigenvalue weighted by Crippen LogP contribution is 2.17. The van der Waals surface area contributed by atoms with E-state index in [1.807, 2.05) is 6.92 Å². The molecule has 0 radical (unpaired) electrons. The summed E-state index contributed by atoms with van der Waals surface area (Å²) >= 11 is 0. The number of nitrogens with zero attached hydrogens (tertiary/aromatic N) is 1. The van der Waals surface area contributed by atoms with Crippen molar-refractivity contribution in [3.63, 3.8) is 0 Å². The molecule has 0 amide bonds. The first kappa shape index (κ1) is 13.2. The Hall–Kier alpha value is -1.22. The molecule has 0 bridgehead atoms. The van der Waals surface area contributed by atoms with Crippen LogP contribution in [-0.2, 0) is 14.8 Å². The van der Waals surface area contributed by atoms with Crippen molar-refractivity contribution in [2.24, 2.45) is 5.84 Å². The zero-order chi connectivity index (χ0) is 13.2. The Morgan fingerprint density at radius 1 is 1.50 bits per heavy atom. The second-order valence-electron chi connectivity index (χ2n) is 4.12. The summed E-state index contributed by atoms with van der Waals surface area (Å²) in [6.45, 7) is 2.42. The Kier molecular flexibility index (Phi) is 3.81. The number of hydrazine groups is 1. The van der Waals surface area contributed by atoms with Crippen LogP contribution in [0.5, 0.6) is 0 Å². The van der Waals surface area contributed by atoms with Gasteiger partial charge in [0.2, 0.25) is 10.0 Å². The molecule has 1 saturated heterocycles. The summed E-state index contributed by atoms with van der Waals surface area (Å²) in [6, 6.07) is 2.76. The van der Waals surface area contributed by atoms with Crippen LogP contribution in [0, 0.1) is 0 Å². The number of nitrogen functional groups attached to an aromatic ring is 1. The lowest BCUT2D eigenvalue weighted by Crippen LogP contribution is -2.39. The Morgan fingerprint density at radius 2 is 2.28 bits per heavy atom. The lowest BCUT2D eigenvalue weighted by atomic mass is 10.2. The van der Waals surface area contributed by atoms with Crippen LogP contribution in [0.25, 0.3) is 0 Å². The number of pyridine rings is 1. The monoisotopic (exact) mass is 272 g/mol. The minimum Gasteiger partial charge on any atom is -0.377 e. The maximum Gasteiger partial charge on any atom is 0.242 e. The van der Waals surface area contributed by atoms with Crippen molar-refractivity contribution < 1.29 is 13.2 Å². The number of anilines is 1. The summed E-state index contributed by atoms with van der Waals surface area (Å²) < 4.78 is 32.1. The van der Waals surface area contributed by atoms with Crippen molar-refractivity contribution in [1.29, 1.82) is 0 Å². The first-order chi connectivity index (χ1) is 8.53. The number of sulfonamides is 1. The van der Waals surface area contributed by atoms with Crippen molar-refractivity contribution in [3.8, 4) is 0 Å². The van der Waals surface area contributed by atoms with Crippen molar-refractivity contribution in [2.75, 3.05) is 12.0 Å². The molecule has 1 aliphatic rings. The Bertz CT molecular complexity index is 502. The smallest absolute Gasteiger partial charge is 0.242 e. The predicted molar refractivity (Wildman–Crippen MR) is 66.2 cm³/mol. The van der Waals surface area contributed by atoms with Crippen molar-refractivity contribution in [3.05, 3.63) is 18.3 Å². The zero-order valence-electron chi connectivity index (χ0n) is 9.96. The summed E-state index contributed by atoms with van der Waals surface area (Å²) in [5.74, 6) is 5.57. The molecule has 4 N–H and O–H groups in total. The predicted octanol–water partition coefficient (Wildman–Crippen LogP) is -0.177. The highest BCUT2D eigenvalue weighted by molar-refractivity contribution is 7.89. The molecule has 7 nitrogen and oxygen atoms in total. The van der Waals surface area contributed by atoms with Crippen LogP contribution in [0.15, 0.2) is 23.2 Å². The molecule has 0 saturated carbocycles. The van der Waals surface area contributed by atoms with Crippen LogP contribution in [0.3, 0.4) is 0 Å². The average molecular weight is 272 g/mol. The number of rotatable bonds is 4. The van der Waals surface area contributed by atoms with Crippen LogP contribution >= 0.6 is 0 Å². The Morgan fingerprint density at radius 3 is 2.78 bits per heavy atom. The van der Waals surface area contributed by atoms with Crippen LogP contribution in [0.2, 0.25) is 0 Å². The van der Waals surface area contributed by atoms with Crippen LogP contribution in [0.1, 0.15) is 13.3 Å². The van der Waals surface area contributed by atoms with E-state index >= 15 is 0 Å². The molecule has 1 aliphatic heterocycles. The first-order valence-corrected chi connectivity index (χ1v) is 7.08. The lowest BCUT2D eigenvalue weighted by molar-refractivity contribution is 0.117. The third kappa shape index (κ3) is 2.78. The number of ether oxygens (including phenoxy) is 1. The van der Waals surface area contributed by atoms with E-state index in [0.29, 0.717) is 18.8 Å². The standard InChI is InChI=1S/C10H16N4O3S/c1-7-9(4-5-17-7)14-18(15,16)8-2-3-10(13-11)12-6-8/h2-3,6-7,9,14H,4-5,11H2,1H3,(H,12,13). The highest BCUT2D eigenvalue weighted by atomic mass is 32.2. The van der Waals surface area contributed by atoms with Gasteiger partial charge in [0.05, 0.1) is 12.1 Å². The van der Waals surface area contributed by atoms with Gasteiger partial charge in [-0.1, -0.05) is 0 Å². The van der Waals surface area contributed by atoms with E-state index in [0.717, 1.165) is 0 Å². The summed E-state index contributed by atoms with van der Waals surface area (Å²) in [5, 5.41) is 0. The molecule has 2 rings (SSSR count). The molecule has 8 heteroatoms.